The fourth-order valence-electron chi connectivity index (χ4n) is 1.94. The van der Waals surface area contributed by atoms with Gasteiger partial charge in [-0.1, -0.05) is 36.1 Å². The molecule has 92 valence electrons. The molecule has 2 heterocycles. The average Bonchev–Trinajstić information content (AvgIpc) is 2.91. The van der Waals surface area contributed by atoms with Crippen molar-refractivity contribution in [2.75, 3.05) is 12.3 Å². The summed E-state index contributed by atoms with van der Waals surface area (Å²) in [5.41, 5.74) is 1.98. The summed E-state index contributed by atoms with van der Waals surface area (Å²) in [6.45, 7) is 0.602. The van der Waals surface area contributed by atoms with Gasteiger partial charge in [0.25, 0.3) is 0 Å². The van der Waals surface area contributed by atoms with Crippen LogP contribution in [-0.2, 0) is 11.2 Å². The first kappa shape index (κ1) is 11.7. The van der Waals surface area contributed by atoms with Crippen LogP contribution < -0.4 is 0 Å². The van der Waals surface area contributed by atoms with Crippen molar-refractivity contribution in [1.82, 2.24) is 14.9 Å². The first-order valence-electron chi connectivity index (χ1n) is 5.65. The molecule has 1 fully saturated rings. The lowest BCUT2D eigenvalue weighted by molar-refractivity contribution is -0.123. The summed E-state index contributed by atoms with van der Waals surface area (Å²) in [7, 11) is 0. The molecule has 1 aliphatic heterocycles. The fourth-order valence-corrected chi connectivity index (χ4v) is 3.06. The third-order valence-electron chi connectivity index (χ3n) is 2.85. The fraction of sp³-hybridized carbons (Fsp3) is 0.250. The van der Waals surface area contributed by atoms with Crippen molar-refractivity contribution < 1.29 is 4.79 Å². The van der Waals surface area contributed by atoms with E-state index in [-0.39, 0.29) is 5.91 Å². The monoisotopic (exact) mass is 277 g/mol. The zero-order valence-electron chi connectivity index (χ0n) is 9.55. The van der Waals surface area contributed by atoms with Gasteiger partial charge in [-0.25, -0.2) is 4.98 Å². The molecule has 1 aliphatic rings. The van der Waals surface area contributed by atoms with Crippen molar-refractivity contribution in [2.45, 2.75) is 6.42 Å². The van der Waals surface area contributed by atoms with Gasteiger partial charge in [0.05, 0.1) is 16.8 Å². The number of carbonyl (C=O) groups is 1. The summed E-state index contributed by atoms with van der Waals surface area (Å²) in [5.74, 6) is 1.46. The lowest BCUT2D eigenvalue weighted by Gasteiger charge is -2.13. The lowest BCUT2D eigenvalue weighted by Crippen LogP contribution is -2.30. The number of H-pyrrole nitrogens is 1. The van der Waals surface area contributed by atoms with Gasteiger partial charge in [-0.3, -0.25) is 9.69 Å². The SMILES string of the molecule is O=C1CSC(=S)N1CCc1nc2ccccc2[nH]1. The third-order valence-corrected chi connectivity index (χ3v) is 4.28. The number of nitrogens with one attached hydrogen (secondary N) is 1. The molecule has 1 N–H and O–H groups in total. The van der Waals surface area contributed by atoms with E-state index in [1.807, 2.05) is 24.3 Å². The van der Waals surface area contributed by atoms with E-state index in [4.69, 9.17) is 12.2 Å². The molecule has 0 spiro atoms. The number of para-hydroxylation sites is 2. The predicted octanol–water partition coefficient (Wildman–Crippen LogP) is 1.97. The maximum atomic E-state index is 11.6. The van der Waals surface area contributed by atoms with E-state index in [2.05, 4.69) is 9.97 Å². The van der Waals surface area contributed by atoms with Crippen LogP contribution in [0.1, 0.15) is 5.82 Å². The van der Waals surface area contributed by atoms with Crippen LogP contribution in [0, 0.1) is 0 Å². The molecule has 0 radical (unpaired) electrons. The van der Waals surface area contributed by atoms with Gasteiger partial charge in [-0.15, -0.1) is 0 Å². The number of hydrogen-bond donors (Lipinski definition) is 1. The Morgan fingerprint density at radius 3 is 3.00 bits per heavy atom. The van der Waals surface area contributed by atoms with Crippen LogP contribution in [-0.4, -0.2) is 37.4 Å². The van der Waals surface area contributed by atoms with E-state index in [0.717, 1.165) is 16.9 Å². The van der Waals surface area contributed by atoms with E-state index in [0.29, 0.717) is 23.0 Å². The van der Waals surface area contributed by atoms with Gasteiger partial charge >= 0.3 is 0 Å². The molecular formula is C12H11N3OS2. The van der Waals surface area contributed by atoms with Gasteiger partial charge in [0, 0.05) is 13.0 Å². The van der Waals surface area contributed by atoms with Crippen LogP contribution in [0.5, 0.6) is 0 Å². The van der Waals surface area contributed by atoms with Crippen molar-refractivity contribution in [3.8, 4) is 0 Å². The molecule has 1 saturated heterocycles. The molecule has 0 bridgehead atoms. The van der Waals surface area contributed by atoms with Gasteiger partial charge in [-0.2, -0.15) is 0 Å². The predicted molar refractivity (Wildman–Crippen MR) is 76.6 cm³/mol. The Hall–Kier alpha value is -1.40. The molecule has 0 atom stereocenters. The summed E-state index contributed by atoms with van der Waals surface area (Å²) < 4.78 is 0.677. The van der Waals surface area contributed by atoms with Gasteiger partial charge in [0.15, 0.2) is 0 Å². The molecule has 0 unspecified atom stereocenters. The smallest absolute Gasteiger partial charge is 0.238 e. The summed E-state index contributed by atoms with van der Waals surface area (Å²) >= 11 is 6.57. The number of amides is 1. The topological polar surface area (TPSA) is 49.0 Å². The average molecular weight is 277 g/mol. The minimum absolute atomic E-state index is 0.0983. The summed E-state index contributed by atoms with van der Waals surface area (Å²) in [6, 6.07) is 7.90. The molecule has 4 nitrogen and oxygen atoms in total. The zero-order valence-corrected chi connectivity index (χ0v) is 11.2. The van der Waals surface area contributed by atoms with Crippen LogP contribution >= 0.6 is 24.0 Å². The molecule has 3 rings (SSSR count). The first-order valence-corrected chi connectivity index (χ1v) is 7.04. The van der Waals surface area contributed by atoms with Crippen molar-refractivity contribution >= 4 is 45.2 Å². The second-order valence-corrected chi connectivity index (χ2v) is 5.66. The van der Waals surface area contributed by atoms with Crippen LogP contribution in [0.3, 0.4) is 0 Å². The van der Waals surface area contributed by atoms with Crippen LogP contribution in [0.25, 0.3) is 11.0 Å². The minimum Gasteiger partial charge on any atom is -0.342 e. The molecule has 2 aromatic rings. The normalized spacial score (nSPS) is 15.9. The lowest BCUT2D eigenvalue weighted by atomic mass is 10.3. The largest absolute Gasteiger partial charge is 0.342 e. The van der Waals surface area contributed by atoms with Crippen LogP contribution in [0.15, 0.2) is 24.3 Å². The highest BCUT2D eigenvalue weighted by Gasteiger charge is 2.26. The highest BCUT2D eigenvalue weighted by Crippen LogP contribution is 2.19. The van der Waals surface area contributed by atoms with Gasteiger partial charge in [0.1, 0.15) is 10.1 Å². The summed E-state index contributed by atoms with van der Waals surface area (Å²) in [4.78, 5) is 21.0. The van der Waals surface area contributed by atoms with E-state index in [1.54, 1.807) is 4.90 Å². The Morgan fingerprint density at radius 2 is 2.28 bits per heavy atom. The quantitative estimate of drug-likeness (QED) is 0.871. The molecule has 1 aromatic carbocycles. The molecule has 1 aromatic heterocycles. The van der Waals surface area contributed by atoms with E-state index >= 15 is 0 Å². The van der Waals surface area contributed by atoms with E-state index in [9.17, 15) is 4.79 Å². The van der Waals surface area contributed by atoms with Crippen LogP contribution in [0.2, 0.25) is 0 Å². The van der Waals surface area contributed by atoms with Crippen molar-refractivity contribution in [3.05, 3.63) is 30.1 Å². The van der Waals surface area contributed by atoms with Crippen molar-refractivity contribution in [1.29, 1.82) is 0 Å². The van der Waals surface area contributed by atoms with Crippen LogP contribution in [0.4, 0.5) is 0 Å². The van der Waals surface area contributed by atoms with Gasteiger partial charge < -0.3 is 4.98 Å². The van der Waals surface area contributed by atoms with E-state index < -0.39 is 0 Å². The second kappa shape index (κ2) is 4.70. The number of thioether (sulfide) groups is 1. The Labute approximate surface area is 114 Å². The highest BCUT2D eigenvalue weighted by molar-refractivity contribution is 8.23. The molecule has 18 heavy (non-hydrogen) atoms. The number of imidazole rings is 1. The number of benzene rings is 1. The van der Waals surface area contributed by atoms with Crippen molar-refractivity contribution in [3.63, 3.8) is 0 Å². The number of nitrogens with zero attached hydrogens (tertiary/aromatic N) is 2. The van der Waals surface area contributed by atoms with Gasteiger partial charge in [-0.05, 0) is 12.1 Å². The Bertz CT molecular complexity index is 574. The number of aromatic amines is 1. The zero-order chi connectivity index (χ0) is 12.5. The third kappa shape index (κ3) is 2.13. The number of aromatic nitrogens is 2. The number of rotatable bonds is 3. The Kier molecular flexibility index (Phi) is 3.05. The molecule has 0 saturated carbocycles. The second-order valence-electron chi connectivity index (χ2n) is 4.05. The molecular weight excluding hydrogens is 266 g/mol. The van der Waals surface area contributed by atoms with Gasteiger partial charge in [0.2, 0.25) is 5.91 Å². The number of thiocarbonyl (C=S) groups is 1. The van der Waals surface area contributed by atoms with Crippen molar-refractivity contribution in [2.24, 2.45) is 0 Å². The Balaban J connectivity index is 1.73. The Morgan fingerprint density at radius 1 is 1.44 bits per heavy atom. The molecule has 0 aliphatic carbocycles. The maximum Gasteiger partial charge on any atom is 0.238 e. The molecule has 6 heteroatoms. The maximum absolute atomic E-state index is 11.6. The first-order chi connectivity index (χ1) is 8.74. The highest BCUT2D eigenvalue weighted by atomic mass is 32.2. The minimum atomic E-state index is 0.0983. The standard InChI is InChI=1S/C12H11N3OS2/c16-11-7-18-12(17)15(11)6-5-10-13-8-3-1-2-4-9(8)14-10/h1-4H,5-7H2,(H,13,14). The summed E-state index contributed by atoms with van der Waals surface area (Å²) in [5, 5.41) is 0. The number of hydrogen-bond acceptors (Lipinski definition) is 4. The van der Waals surface area contributed by atoms with E-state index in [1.165, 1.54) is 11.8 Å². The number of fused-ring (bicyclic) bond motifs is 1. The summed E-state index contributed by atoms with van der Waals surface area (Å²) in [6.07, 6.45) is 0.696. The molecule has 1 amide bonds. The number of carbonyl (C=O) groups excluding carboxylic acids is 1.